The highest BCUT2D eigenvalue weighted by atomic mass is 35.5. The van der Waals surface area contributed by atoms with E-state index in [2.05, 4.69) is 0 Å². The van der Waals surface area contributed by atoms with Crippen LogP contribution in [0.4, 0.5) is 0 Å². The molecule has 0 radical (unpaired) electrons. The lowest BCUT2D eigenvalue weighted by molar-refractivity contribution is -0.0860. The Labute approximate surface area is 116 Å². The zero-order chi connectivity index (χ0) is 13.3. The van der Waals surface area contributed by atoms with Crippen molar-refractivity contribution in [1.82, 2.24) is 4.90 Å². The van der Waals surface area contributed by atoms with E-state index in [0.717, 1.165) is 6.42 Å². The fourth-order valence-electron chi connectivity index (χ4n) is 2.26. The van der Waals surface area contributed by atoms with Gasteiger partial charge in [0.25, 0.3) is 5.91 Å². The third-order valence-corrected chi connectivity index (χ3v) is 3.68. The molecule has 1 amide bonds. The summed E-state index contributed by atoms with van der Waals surface area (Å²) in [6.45, 7) is 2.76. The van der Waals surface area contributed by atoms with Gasteiger partial charge in [0.05, 0.1) is 29.3 Å². The molecule has 18 heavy (non-hydrogen) atoms. The molecular weight excluding hydrogens is 273 g/mol. The molecule has 0 atom stereocenters. The van der Waals surface area contributed by atoms with Crippen molar-refractivity contribution in [3.05, 3.63) is 33.8 Å². The Kier molecular flexibility index (Phi) is 3.85. The molecule has 3 nitrogen and oxygen atoms in total. The Hall–Kier alpha value is -0.770. The molecule has 0 saturated carbocycles. The van der Waals surface area contributed by atoms with Gasteiger partial charge in [0.1, 0.15) is 0 Å². The summed E-state index contributed by atoms with van der Waals surface area (Å²) in [5, 5.41) is 10.9. The predicted molar refractivity (Wildman–Crippen MR) is 72.2 cm³/mol. The fourth-order valence-corrected chi connectivity index (χ4v) is 2.75. The number of benzene rings is 1. The minimum Gasteiger partial charge on any atom is -0.386 e. The zero-order valence-corrected chi connectivity index (χ0v) is 11.6. The average molecular weight is 288 g/mol. The second-order valence-corrected chi connectivity index (χ2v) is 5.60. The summed E-state index contributed by atoms with van der Waals surface area (Å²) in [4.78, 5) is 13.7. The minimum atomic E-state index is -0.719. The molecule has 1 aromatic rings. The van der Waals surface area contributed by atoms with Crippen LogP contribution in [0.15, 0.2) is 18.2 Å². The Morgan fingerprint density at radius 1 is 1.44 bits per heavy atom. The third-order valence-electron chi connectivity index (χ3n) is 3.13. The first-order chi connectivity index (χ1) is 8.45. The van der Waals surface area contributed by atoms with Crippen LogP contribution in [0, 0.1) is 0 Å². The normalized spacial score (nSPS) is 17.4. The van der Waals surface area contributed by atoms with E-state index in [0.29, 0.717) is 35.1 Å². The van der Waals surface area contributed by atoms with Crippen molar-refractivity contribution in [3.8, 4) is 0 Å². The summed E-state index contributed by atoms with van der Waals surface area (Å²) >= 11 is 11.8. The van der Waals surface area contributed by atoms with Gasteiger partial charge in [-0.3, -0.25) is 4.79 Å². The van der Waals surface area contributed by atoms with Crippen LogP contribution < -0.4 is 0 Å². The molecule has 0 aromatic heterocycles. The van der Waals surface area contributed by atoms with Gasteiger partial charge in [0.15, 0.2) is 0 Å². The van der Waals surface area contributed by atoms with Gasteiger partial charge in [-0.25, -0.2) is 0 Å². The van der Waals surface area contributed by atoms with Crippen LogP contribution in [0.3, 0.4) is 0 Å². The number of rotatable bonds is 3. The number of carbonyl (C=O) groups excluding carboxylic acids is 1. The van der Waals surface area contributed by atoms with E-state index in [1.807, 2.05) is 6.92 Å². The van der Waals surface area contributed by atoms with E-state index in [4.69, 9.17) is 23.2 Å². The van der Waals surface area contributed by atoms with Crippen molar-refractivity contribution in [2.24, 2.45) is 0 Å². The smallest absolute Gasteiger partial charge is 0.255 e. The number of amides is 1. The molecule has 1 aliphatic heterocycles. The van der Waals surface area contributed by atoms with Crippen molar-refractivity contribution in [3.63, 3.8) is 0 Å². The molecule has 0 spiro atoms. The molecule has 1 aliphatic rings. The Bertz CT molecular complexity index is 470. The molecule has 1 N–H and O–H groups in total. The van der Waals surface area contributed by atoms with E-state index in [9.17, 15) is 9.90 Å². The first-order valence-corrected chi connectivity index (χ1v) is 6.67. The quantitative estimate of drug-likeness (QED) is 0.929. The molecular formula is C13H15Cl2NO2. The minimum absolute atomic E-state index is 0.155. The lowest BCUT2D eigenvalue weighted by Gasteiger charge is -2.46. The van der Waals surface area contributed by atoms with Crippen LogP contribution in [0.5, 0.6) is 0 Å². The van der Waals surface area contributed by atoms with E-state index in [1.165, 1.54) is 0 Å². The molecule has 0 bridgehead atoms. The van der Waals surface area contributed by atoms with Crippen LogP contribution in [-0.2, 0) is 0 Å². The maximum atomic E-state index is 12.1. The van der Waals surface area contributed by atoms with Crippen molar-refractivity contribution < 1.29 is 9.90 Å². The molecule has 1 fully saturated rings. The topological polar surface area (TPSA) is 40.5 Å². The van der Waals surface area contributed by atoms with Gasteiger partial charge in [0.2, 0.25) is 0 Å². The molecule has 1 saturated heterocycles. The Morgan fingerprint density at radius 3 is 2.67 bits per heavy atom. The molecule has 0 aliphatic carbocycles. The van der Waals surface area contributed by atoms with Crippen molar-refractivity contribution >= 4 is 29.1 Å². The molecule has 0 unspecified atom stereocenters. The highest BCUT2D eigenvalue weighted by Crippen LogP contribution is 2.29. The summed E-state index contributed by atoms with van der Waals surface area (Å²) in [6.07, 6.45) is 1.62. The highest BCUT2D eigenvalue weighted by Gasteiger charge is 2.43. The fraction of sp³-hybridized carbons (Fsp3) is 0.462. The molecule has 1 aromatic carbocycles. The standard InChI is InChI=1S/C13H15Cl2NO2/c1-2-5-13(18)7-16(8-13)12(17)10-4-3-9(14)6-11(10)15/h3-4,6,18H,2,5,7-8H2,1H3. The van der Waals surface area contributed by atoms with Crippen LogP contribution in [0.1, 0.15) is 30.1 Å². The van der Waals surface area contributed by atoms with Crippen molar-refractivity contribution in [1.29, 1.82) is 0 Å². The van der Waals surface area contributed by atoms with Gasteiger partial charge in [-0.05, 0) is 24.6 Å². The zero-order valence-electron chi connectivity index (χ0n) is 10.1. The highest BCUT2D eigenvalue weighted by molar-refractivity contribution is 6.36. The number of β-amino-alcohol motifs (C(OH)–C–C–N with tert-alkyl or cyclic N) is 1. The average Bonchev–Trinajstić information content (AvgIpc) is 2.25. The van der Waals surface area contributed by atoms with Gasteiger partial charge in [-0.1, -0.05) is 36.5 Å². The lowest BCUT2D eigenvalue weighted by atomic mass is 9.89. The first-order valence-electron chi connectivity index (χ1n) is 5.92. The monoisotopic (exact) mass is 287 g/mol. The molecule has 98 valence electrons. The summed E-state index contributed by atoms with van der Waals surface area (Å²) in [7, 11) is 0. The van der Waals surface area contributed by atoms with Crippen LogP contribution in [0.2, 0.25) is 10.0 Å². The van der Waals surface area contributed by atoms with E-state index in [-0.39, 0.29) is 5.91 Å². The SMILES string of the molecule is CCCC1(O)CN(C(=O)c2ccc(Cl)cc2Cl)C1. The van der Waals surface area contributed by atoms with Crippen molar-refractivity contribution in [2.75, 3.05) is 13.1 Å². The molecule has 2 rings (SSSR count). The predicted octanol–water partition coefficient (Wildman–Crippen LogP) is 2.98. The molecule has 1 heterocycles. The number of nitrogens with zero attached hydrogens (tertiary/aromatic N) is 1. The van der Waals surface area contributed by atoms with Gasteiger partial charge in [-0.2, -0.15) is 0 Å². The van der Waals surface area contributed by atoms with Crippen molar-refractivity contribution in [2.45, 2.75) is 25.4 Å². The number of halogens is 2. The summed E-state index contributed by atoms with van der Waals surface area (Å²) in [5.74, 6) is -0.155. The van der Waals surface area contributed by atoms with Crippen LogP contribution in [0.25, 0.3) is 0 Å². The van der Waals surface area contributed by atoms with Gasteiger partial charge in [0, 0.05) is 5.02 Å². The third kappa shape index (κ3) is 2.63. The summed E-state index contributed by atoms with van der Waals surface area (Å²) in [6, 6.07) is 4.80. The van der Waals surface area contributed by atoms with Crippen LogP contribution >= 0.6 is 23.2 Å². The van der Waals surface area contributed by atoms with E-state index < -0.39 is 5.60 Å². The summed E-state index contributed by atoms with van der Waals surface area (Å²) in [5.41, 5.74) is -0.289. The lowest BCUT2D eigenvalue weighted by Crippen LogP contribution is -2.63. The number of carbonyl (C=O) groups is 1. The Morgan fingerprint density at radius 2 is 2.11 bits per heavy atom. The maximum absolute atomic E-state index is 12.1. The van der Waals surface area contributed by atoms with Gasteiger partial charge >= 0.3 is 0 Å². The van der Waals surface area contributed by atoms with Gasteiger partial charge < -0.3 is 10.0 Å². The molecule has 5 heteroatoms. The second-order valence-electron chi connectivity index (χ2n) is 4.76. The number of hydrogen-bond donors (Lipinski definition) is 1. The number of aliphatic hydroxyl groups is 1. The number of likely N-dealkylation sites (tertiary alicyclic amines) is 1. The largest absolute Gasteiger partial charge is 0.386 e. The van der Waals surface area contributed by atoms with E-state index >= 15 is 0 Å². The van der Waals surface area contributed by atoms with Gasteiger partial charge in [-0.15, -0.1) is 0 Å². The maximum Gasteiger partial charge on any atom is 0.255 e. The Balaban J connectivity index is 2.06. The first kappa shape index (κ1) is 13.7. The van der Waals surface area contributed by atoms with Crippen LogP contribution in [-0.4, -0.2) is 34.6 Å². The second kappa shape index (κ2) is 5.08. The van der Waals surface area contributed by atoms with E-state index in [1.54, 1.807) is 23.1 Å². The number of hydrogen-bond acceptors (Lipinski definition) is 2. The summed E-state index contributed by atoms with van der Waals surface area (Å²) < 4.78 is 0.